The number of nitrogens with two attached hydrogens (primary N) is 1. The van der Waals surface area contributed by atoms with E-state index in [2.05, 4.69) is 24.8 Å². The van der Waals surface area contributed by atoms with Gasteiger partial charge in [0.25, 0.3) is 0 Å². The molecule has 0 aromatic carbocycles. The second kappa shape index (κ2) is 11.3. The largest absolute Gasteiger partial charge is 0.370 e. The molecule has 8 nitrogen and oxygen atoms in total. The Kier molecular flexibility index (Phi) is 9.02. The number of carbonyl (C=O) groups excluding carboxylic acids is 1. The number of aliphatic imine (C=N–C) groups is 1. The number of anilines is 1. The van der Waals surface area contributed by atoms with Crippen LogP contribution in [0.3, 0.4) is 0 Å². The Labute approximate surface area is 178 Å². The molecule has 1 aromatic heterocycles. The number of hydrogen-bond acceptors (Lipinski definition) is 5. The van der Waals surface area contributed by atoms with E-state index in [1.165, 1.54) is 25.7 Å². The van der Waals surface area contributed by atoms with E-state index in [1.807, 2.05) is 4.90 Å². The molecule has 2 aliphatic rings. The van der Waals surface area contributed by atoms with Gasteiger partial charge in [-0.3, -0.25) is 9.79 Å². The number of halogens is 1. The van der Waals surface area contributed by atoms with E-state index in [1.54, 1.807) is 18.5 Å². The molecule has 150 valence electrons. The number of carbonyl (C=O) groups is 1. The molecule has 3 heterocycles. The van der Waals surface area contributed by atoms with E-state index in [0.717, 1.165) is 32.1 Å². The summed E-state index contributed by atoms with van der Waals surface area (Å²) in [5.41, 5.74) is 6.10. The third-order valence-electron chi connectivity index (χ3n) is 5.00. The molecule has 0 aliphatic carbocycles. The third kappa shape index (κ3) is 6.47. The molecule has 3 rings (SSSR count). The Hall–Kier alpha value is -1.65. The fourth-order valence-corrected chi connectivity index (χ4v) is 3.43. The number of guanidine groups is 1. The number of amides is 1. The SMILES string of the molecule is I.NC(=NCCC(=O)N1CCN(c2ncccn2)CC1)N1CCCCCC1. The molecule has 0 spiro atoms. The molecule has 2 aliphatic heterocycles. The van der Waals surface area contributed by atoms with Gasteiger partial charge in [-0.25, -0.2) is 9.97 Å². The summed E-state index contributed by atoms with van der Waals surface area (Å²) in [6.07, 6.45) is 8.77. The van der Waals surface area contributed by atoms with Crippen molar-refractivity contribution in [3.05, 3.63) is 18.5 Å². The van der Waals surface area contributed by atoms with Crippen molar-refractivity contribution in [1.29, 1.82) is 0 Å². The number of piperazine rings is 1. The molecule has 1 amide bonds. The second-order valence-corrected chi connectivity index (χ2v) is 6.81. The number of hydrogen-bond donors (Lipinski definition) is 1. The van der Waals surface area contributed by atoms with Crippen LogP contribution in [0.25, 0.3) is 0 Å². The van der Waals surface area contributed by atoms with Crippen LogP contribution in [0.2, 0.25) is 0 Å². The van der Waals surface area contributed by atoms with E-state index in [4.69, 9.17) is 5.73 Å². The highest BCUT2D eigenvalue weighted by molar-refractivity contribution is 14.0. The topological polar surface area (TPSA) is 90.9 Å². The Bertz CT molecular complexity index is 597. The van der Waals surface area contributed by atoms with Crippen molar-refractivity contribution in [2.45, 2.75) is 32.1 Å². The van der Waals surface area contributed by atoms with Gasteiger partial charge in [-0.1, -0.05) is 12.8 Å². The fraction of sp³-hybridized carbons (Fsp3) is 0.667. The molecule has 1 aromatic rings. The minimum Gasteiger partial charge on any atom is -0.370 e. The van der Waals surface area contributed by atoms with Gasteiger partial charge in [0.1, 0.15) is 0 Å². The van der Waals surface area contributed by atoms with Crippen LogP contribution in [0, 0.1) is 0 Å². The highest BCUT2D eigenvalue weighted by Crippen LogP contribution is 2.11. The van der Waals surface area contributed by atoms with Gasteiger partial charge in [0.15, 0.2) is 5.96 Å². The zero-order chi connectivity index (χ0) is 18.2. The first kappa shape index (κ1) is 21.6. The van der Waals surface area contributed by atoms with Crippen LogP contribution in [0.4, 0.5) is 5.95 Å². The maximum atomic E-state index is 12.4. The maximum absolute atomic E-state index is 12.4. The Morgan fingerprint density at radius 2 is 1.59 bits per heavy atom. The van der Waals surface area contributed by atoms with E-state index in [9.17, 15) is 4.79 Å². The summed E-state index contributed by atoms with van der Waals surface area (Å²) in [6, 6.07) is 1.81. The monoisotopic (exact) mass is 487 g/mol. The van der Waals surface area contributed by atoms with Crippen LogP contribution in [-0.2, 0) is 4.79 Å². The zero-order valence-corrected chi connectivity index (χ0v) is 18.1. The van der Waals surface area contributed by atoms with Crippen LogP contribution in [-0.4, -0.2) is 77.4 Å². The highest BCUT2D eigenvalue weighted by atomic mass is 127. The Morgan fingerprint density at radius 1 is 0.963 bits per heavy atom. The first-order valence-corrected chi connectivity index (χ1v) is 9.58. The van der Waals surface area contributed by atoms with Gasteiger partial charge >= 0.3 is 0 Å². The van der Waals surface area contributed by atoms with E-state index < -0.39 is 0 Å². The molecule has 2 fully saturated rings. The minimum absolute atomic E-state index is 0. The van der Waals surface area contributed by atoms with Gasteiger partial charge in [0, 0.05) is 58.1 Å². The van der Waals surface area contributed by atoms with Crippen LogP contribution < -0.4 is 10.6 Å². The lowest BCUT2D eigenvalue weighted by Gasteiger charge is -2.34. The smallest absolute Gasteiger partial charge is 0.225 e. The number of aromatic nitrogens is 2. The summed E-state index contributed by atoms with van der Waals surface area (Å²) in [6.45, 7) is 5.33. The van der Waals surface area contributed by atoms with Crippen molar-refractivity contribution >= 4 is 41.8 Å². The van der Waals surface area contributed by atoms with Crippen molar-refractivity contribution in [3.63, 3.8) is 0 Å². The van der Waals surface area contributed by atoms with Crippen molar-refractivity contribution in [1.82, 2.24) is 19.8 Å². The van der Waals surface area contributed by atoms with Gasteiger partial charge in [0.2, 0.25) is 11.9 Å². The predicted octanol–water partition coefficient (Wildman–Crippen LogP) is 1.32. The third-order valence-corrected chi connectivity index (χ3v) is 5.00. The summed E-state index contributed by atoms with van der Waals surface area (Å²) < 4.78 is 0. The van der Waals surface area contributed by atoms with Crippen molar-refractivity contribution in [2.24, 2.45) is 10.7 Å². The molecule has 9 heteroatoms. The molecule has 2 saturated heterocycles. The van der Waals surface area contributed by atoms with E-state index in [0.29, 0.717) is 32.0 Å². The number of rotatable bonds is 4. The molecular formula is C18H30IN7O. The van der Waals surface area contributed by atoms with Gasteiger partial charge in [-0.05, 0) is 18.9 Å². The first-order valence-electron chi connectivity index (χ1n) is 9.58. The number of nitrogens with zero attached hydrogens (tertiary/aromatic N) is 6. The standard InChI is InChI=1S/C18H29N7O.HI/c19-17(24-10-3-1-2-4-11-24)20-9-6-16(26)23-12-14-25(15-13-23)18-21-7-5-8-22-18;/h5,7-8H,1-4,6,9-15H2,(H2,19,20);1H. The van der Waals surface area contributed by atoms with Crippen LogP contribution in [0.15, 0.2) is 23.5 Å². The van der Waals surface area contributed by atoms with Gasteiger partial charge in [0.05, 0.1) is 6.54 Å². The minimum atomic E-state index is 0. The quantitative estimate of drug-likeness (QED) is 0.392. The molecule has 0 atom stereocenters. The molecule has 0 saturated carbocycles. The fourth-order valence-electron chi connectivity index (χ4n) is 3.43. The lowest BCUT2D eigenvalue weighted by Crippen LogP contribution is -2.49. The van der Waals surface area contributed by atoms with E-state index in [-0.39, 0.29) is 29.9 Å². The van der Waals surface area contributed by atoms with Gasteiger partial charge < -0.3 is 20.4 Å². The average Bonchev–Trinajstić information content (AvgIpc) is 2.98. The molecule has 27 heavy (non-hydrogen) atoms. The lowest BCUT2D eigenvalue weighted by atomic mass is 10.2. The summed E-state index contributed by atoms with van der Waals surface area (Å²) >= 11 is 0. The summed E-state index contributed by atoms with van der Waals surface area (Å²) in [5.74, 6) is 1.46. The van der Waals surface area contributed by atoms with Crippen LogP contribution in [0.1, 0.15) is 32.1 Å². The normalized spacial score (nSPS) is 18.7. The molecule has 2 N–H and O–H groups in total. The van der Waals surface area contributed by atoms with Gasteiger partial charge in [-0.15, -0.1) is 24.0 Å². The van der Waals surface area contributed by atoms with Crippen molar-refractivity contribution in [2.75, 3.05) is 50.7 Å². The number of likely N-dealkylation sites (tertiary alicyclic amines) is 1. The predicted molar refractivity (Wildman–Crippen MR) is 117 cm³/mol. The first-order chi connectivity index (χ1) is 12.7. The molecule has 0 bridgehead atoms. The van der Waals surface area contributed by atoms with Crippen molar-refractivity contribution < 1.29 is 4.79 Å². The average molecular weight is 487 g/mol. The molecular weight excluding hydrogens is 457 g/mol. The summed E-state index contributed by atoms with van der Waals surface area (Å²) in [7, 11) is 0. The van der Waals surface area contributed by atoms with E-state index >= 15 is 0 Å². The molecule has 0 radical (unpaired) electrons. The van der Waals surface area contributed by atoms with Crippen LogP contribution >= 0.6 is 24.0 Å². The zero-order valence-electron chi connectivity index (χ0n) is 15.8. The van der Waals surface area contributed by atoms with Crippen molar-refractivity contribution in [3.8, 4) is 0 Å². The Morgan fingerprint density at radius 3 is 2.22 bits per heavy atom. The molecule has 0 unspecified atom stereocenters. The Balaban J connectivity index is 0.00000261. The van der Waals surface area contributed by atoms with Gasteiger partial charge in [-0.2, -0.15) is 0 Å². The maximum Gasteiger partial charge on any atom is 0.225 e. The highest BCUT2D eigenvalue weighted by Gasteiger charge is 2.22. The lowest BCUT2D eigenvalue weighted by molar-refractivity contribution is -0.131. The van der Waals surface area contributed by atoms with Crippen LogP contribution in [0.5, 0.6) is 0 Å². The summed E-state index contributed by atoms with van der Waals surface area (Å²) in [4.78, 5) is 31.5. The summed E-state index contributed by atoms with van der Waals surface area (Å²) in [5, 5.41) is 0. The second-order valence-electron chi connectivity index (χ2n) is 6.81.